The van der Waals surface area contributed by atoms with Crippen LogP contribution in [0.3, 0.4) is 0 Å². The molecule has 1 aliphatic rings. The first-order valence-corrected chi connectivity index (χ1v) is 8.14. The lowest BCUT2D eigenvalue weighted by atomic mass is 9.97. The van der Waals surface area contributed by atoms with E-state index in [1.807, 2.05) is 0 Å². The van der Waals surface area contributed by atoms with Crippen molar-refractivity contribution >= 4 is 12.0 Å². The maximum absolute atomic E-state index is 13.0. The van der Waals surface area contributed by atoms with E-state index in [1.54, 1.807) is 37.3 Å². The first kappa shape index (κ1) is 18.8. The average Bonchev–Trinajstić information content (AvgIpc) is 3.21. The summed E-state index contributed by atoms with van der Waals surface area (Å²) < 4.78 is 44.1. The van der Waals surface area contributed by atoms with E-state index in [4.69, 9.17) is 4.74 Å². The van der Waals surface area contributed by atoms with Gasteiger partial charge in [0.15, 0.2) is 5.82 Å². The fraction of sp³-hybridized carbons (Fsp3) is 0.438. The lowest BCUT2D eigenvalue weighted by molar-refractivity contribution is -0.158. The molecule has 8 nitrogen and oxygen atoms in total. The quantitative estimate of drug-likeness (QED) is 0.851. The highest BCUT2D eigenvalue weighted by atomic mass is 19.4. The van der Waals surface area contributed by atoms with Gasteiger partial charge in [0.25, 0.3) is 0 Å². The zero-order valence-corrected chi connectivity index (χ0v) is 14.2. The zero-order valence-electron chi connectivity index (χ0n) is 14.2. The lowest BCUT2D eigenvalue weighted by Gasteiger charge is -2.24. The number of rotatable bonds is 5. The van der Waals surface area contributed by atoms with Crippen molar-refractivity contribution in [1.29, 1.82) is 0 Å². The number of cyclic esters (lactones) is 1. The van der Waals surface area contributed by atoms with Crippen LogP contribution in [0.25, 0.3) is 0 Å². The van der Waals surface area contributed by atoms with Crippen LogP contribution in [0.5, 0.6) is 0 Å². The molecule has 11 heteroatoms. The van der Waals surface area contributed by atoms with Crippen LogP contribution >= 0.6 is 0 Å². The summed E-state index contributed by atoms with van der Waals surface area (Å²) in [4.78, 5) is 25.8. The zero-order chi connectivity index (χ0) is 19.6. The molecule has 1 N–H and O–H groups in total. The molecule has 2 amide bonds. The normalized spacial score (nSPS) is 21.2. The summed E-state index contributed by atoms with van der Waals surface area (Å²) >= 11 is 0. The molecule has 0 aliphatic carbocycles. The minimum absolute atomic E-state index is 0.0440. The number of hydrogen-bond donors (Lipinski definition) is 1. The van der Waals surface area contributed by atoms with Gasteiger partial charge >= 0.3 is 12.3 Å². The predicted molar refractivity (Wildman–Crippen MR) is 84.0 cm³/mol. The highest BCUT2D eigenvalue weighted by Gasteiger charge is 2.47. The van der Waals surface area contributed by atoms with Gasteiger partial charge in [-0.05, 0) is 12.5 Å². The Kier molecular flexibility index (Phi) is 5.10. The number of nitrogens with one attached hydrogen (secondary N) is 1. The third-order valence-electron chi connectivity index (χ3n) is 4.28. The Labute approximate surface area is 151 Å². The molecule has 2 aromatic rings. The van der Waals surface area contributed by atoms with Gasteiger partial charge in [-0.3, -0.25) is 4.79 Å². The smallest absolute Gasteiger partial charge is 0.417 e. The molecule has 0 radical (unpaired) electrons. The molecule has 1 saturated heterocycles. The van der Waals surface area contributed by atoms with Crippen molar-refractivity contribution in [2.24, 2.45) is 5.92 Å². The number of carbonyl (C=O) groups excluding carboxylic acids is 2. The summed E-state index contributed by atoms with van der Waals surface area (Å²) in [6, 6.07) is 7.93. The summed E-state index contributed by atoms with van der Waals surface area (Å²) in [6.07, 6.45) is -8.13. The molecule has 0 spiro atoms. The minimum Gasteiger partial charge on any atom is -0.439 e. The van der Waals surface area contributed by atoms with Gasteiger partial charge in [0.05, 0.1) is 18.4 Å². The number of carbonyl (C=O) groups is 2. The van der Waals surface area contributed by atoms with Gasteiger partial charge in [0.2, 0.25) is 5.91 Å². The summed E-state index contributed by atoms with van der Waals surface area (Å²) in [5.41, 5.74) is 0.652. The number of aromatic nitrogens is 4. The second kappa shape index (κ2) is 7.33. The fourth-order valence-corrected chi connectivity index (χ4v) is 3.06. The van der Waals surface area contributed by atoms with Gasteiger partial charge in [-0.15, -0.1) is 10.2 Å². The fourth-order valence-electron chi connectivity index (χ4n) is 3.06. The van der Waals surface area contributed by atoms with Crippen molar-refractivity contribution < 1.29 is 27.5 Å². The van der Waals surface area contributed by atoms with Gasteiger partial charge in [-0.1, -0.05) is 35.5 Å². The number of halogens is 3. The molecule has 144 valence electrons. The highest BCUT2D eigenvalue weighted by Crippen LogP contribution is 2.35. The Morgan fingerprint density at radius 2 is 2.04 bits per heavy atom. The number of amides is 2. The third kappa shape index (κ3) is 4.23. The molecular formula is C16H16F3N5O3. The monoisotopic (exact) mass is 383 g/mol. The largest absolute Gasteiger partial charge is 0.439 e. The maximum Gasteiger partial charge on any atom is 0.417 e. The number of H-pyrrole nitrogens is 1. The van der Waals surface area contributed by atoms with Crippen LogP contribution in [0.2, 0.25) is 0 Å². The van der Waals surface area contributed by atoms with Gasteiger partial charge in [0, 0.05) is 6.42 Å². The van der Waals surface area contributed by atoms with E-state index >= 15 is 0 Å². The Morgan fingerprint density at radius 3 is 2.63 bits per heavy atom. The van der Waals surface area contributed by atoms with Crippen molar-refractivity contribution in [3.63, 3.8) is 0 Å². The average molecular weight is 383 g/mol. The Hall–Kier alpha value is -2.98. The standard InChI is InChI=1S/C16H16F3N5O3/c1-9-13(10-5-3-2-4-6-10)27-15(26)24(9)14(25)11(8-16(17,18)19)7-12-20-22-23-21-12/h2-6,9,11,13H,7-8H2,1H3,(H,20,21,22,23)/t9-,11-,13-/m1/s1. The molecule has 0 saturated carbocycles. The van der Waals surface area contributed by atoms with Gasteiger partial charge in [0.1, 0.15) is 6.10 Å². The number of alkyl halides is 3. The van der Waals surface area contributed by atoms with Crippen LogP contribution in [-0.4, -0.2) is 49.7 Å². The van der Waals surface area contributed by atoms with Crippen LogP contribution in [-0.2, 0) is 16.0 Å². The van der Waals surface area contributed by atoms with Crippen LogP contribution in [0.1, 0.15) is 30.8 Å². The maximum atomic E-state index is 13.0. The Morgan fingerprint density at radius 1 is 1.33 bits per heavy atom. The number of ether oxygens (including phenoxy) is 1. The molecule has 0 unspecified atom stereocenters. The molecular weight excluding hydrogens is 367 g/mol. The van der Waals surface area contributed by atoms with Gasteiger partial charge in [-0.2, -0.15) is 18.4 Å². The molecule has 3 rings (SSSR count). The Balaban J connectivity index is 1.83. The van der Waals surface area contributed by atoms with E-state index in [0.29, 0.717) is 5.56 Å². The number of tetrazole rings is 1. The molecule has 1 aliphatic heterocycles. The van der Waals surface area contributed by atoms with Crippen LogP contribution in [0.4, 0.5) is 18.0 Å². The molecule has 1 aromatic carbocycles. The number of nitrogens with zero attached hydrogens (tertiary/aromatic N) is 4. The second-order valence-corrected chi connectivity index (χ2v) is 6.21. The molecule has 3 atom stereocenters. The van der Waals surface area contributed by atoms with E-state index < -0.39 is 49.1 Å². The Bertz CT molecular complexity index is 797. The summed E-state index contributed by atoms with van der Waals surface area (Å²) in [6.45, 7) is 1.56. The molecule has 1 aromatic heterocycles. The summed E-state index contributed by atoms with van der Waals surface area (Å²) in [5, 5.41) is 12.6. The molecule has 27 heavy (non-hydrogen) atoms. The first-order chi connectivity index (χ1) is 12.8. The van der Waals surface area contributed by atoms with Gasteiger partial charge < -0.3 is 4.74 Å². The summed E-state index contributed by atoms with van der Waals surface area (Å²) in [7, 11) is 0. The van der Waals surface area contributed by atoms with Crippen LogP contribution in [0, 0.1) is 5.92 Å². The van der Waals surface area contributed by atoms with Crippen molar-refractivity contribution in [2.45, 2.75) is 38.1 Å². The SMILES string of the molecule is C[C@@H]1[C@H](c2ccccc2)OC(=O)N1C(=O)[C@H](Cc1nn[nH]n1)CC(F)(F)F. The first-order valence-electron chi connectivity index (χ1n) is 8.14. The minimum atomic E-state index is -4.60. The van der Waals surface area contributed by atoms with E-state index in [2.05, 4.69) is 20.6 Å². The van der Waals surface area contributed by atoms with Crippen LogP contribution < -0.4 is 0 Å². The van der Waals surface area contributed by atoms with Crippen molar-refractivity contribution in [2.75, 3.05) is 0 Å². The topological polar surface area (TPSA) is 101 Å². The van der Waals surface area contributed by atoms with Crippen LogP contribution in [0.15, 0.2) is 30.3 Å². The van der Waals surface area contributed by atoms with Crippen molar-refractivity contribution in [1.82, 2.24) is 25.5 Å². The van der Waals surface area contributed by atoms with E-state index in [1.165, 1.54) is 0 Å². The number of benzene rings is 1. The van der Waals surface area contributed by atoms with Crippen molar-refractivity contribution in [3.8, 4) is 0 Å². The molecule has 0 bridgehead atoms. The number of aromatic amines is 1. The molecule has 2 heterocycles. The van der Waals surface area contributed by atoms with Crippen molar-refractivity contribution in [3.05, 3.63) is 41.7 Å². The second-order valence-electron chi connectivity index (χ2n) is 6.21. The summed E-state index contributed by atoms with van der Waals surface area (Å²) in [5.74, 6) is -2.59. The van der Waals surface area contributed by atoms with E-state index in [-0.39, 0.29) is 5.82 Å². The highest BCUT2D eigenvalue weighted by molar-refractivity contribution is 5.95. The lowest BCUT2D eigenvalue weighted by Crippen LogP contribution is -2.43. The molecule has 1 fully saturated rings. The van der Waals surface area contributed by atoms with E-state index in [9.17, 15) is 22.8 Å². The number of imide groups is 1. The van der Waals surface area contributed by atoms with E-state index in [0.717, 1.165) is 4.90 Å². The predicted octanol–water partition coefficient (Wildman–Crippen LogP) is 2.42. The third-order valence-corrected chi connectivity index (χ3v) is 4.28. The van der Waals surface area contributed by atoms with Gasteiger partial charge in [-0.25, -0.2) is 9.69 Å². The number of hydrogen-bond acceptors (Lipinski definition) is 6.